The summed E-state index contributed by atoms with van der Waals surface area (Å²) in [6.45, 7) is 1.50. The molecule has 0 bridgehead atoms. The van der Waals surface area contributed by atoms with Crippen LogP contribution in [0, 0.1) is 6.92 Å². The van der Waals surface area contributed by atoms with E-state index in [-0.39, 0.29) is 17.4 Å². The van der Waals surface area contributed by atoms with Gasteiger partial charge in [0.05, 0.1) is 30.5 Å². The molecule has 0 aromatic heterocycles. The number of hydrogen-bond acceptors (Lipinski definition) is 6. The van der Waals surface area contributed by atoms with Crippen molar-refractivity contribution in [3.63, 3.8) is 0 Å². The molecule has 1 aliphatic heterocycles. The second kappa shape index (κ2) is 6.99. The van der Waals surface area contributed by atoms with Crippen LogP contribution in [-0.2, 0) is 14.8 Å². The highest BCUT2D eigenvalue weighted by atomic mass is 32.2. The van der Waals surface area contributed by atoms with Crippen LogP contribution in [0.2, 0.25) is 0 Å². The third-order valence-electron chi connectivity index (χ3n) is 4.27. The van der Waals surface area contributed by atoms with Crippen LogP contribution in [0.4, 0.5) is 11.4 Å². The van der Waals surface area contributed by atoms with Gasteiger partial charge >= 0.3 is 0 Å². The summed E-state index contributed by atoms with van der Waals surface area (Å²) in [5, 5.41) is 2.66. The number of methoxy groups -OCH3 is 2. The summed E-state index contributed by atoms with van der Waals surface area (Å²) in [7, 11) is 0.519. The Labute approximate surface area is 157 Å². The van der Waals surface area contributed by atoms with Gasteiger partial charge in [-0.2, -0.15) is 0 Å². The minimum absolute atomic E-state index is 0.0813. The van der Waals surface area contributed by atoms with Crippen molar-refractivity contribution >= 4 is 27.3 Å². The van der Waals surface area contributed by atoms with Crippen LogP contribution in [0.5, 0.6) is 17.2 Å². The maximum absolute atomic E-state index is 13.2. The zero-order valence-corrected chi connectivity index (χ0v) is 16.2. The maximum Gasteiger partial charge on any atom is 0.264 e. The number of rotatable bonds is 5. The highest BCUT2D eigenvalue weighted by molar-refractivity contribution is 7.92. The minimum Gasteiger partial charge on any atom is -0.497 e. The first-order chi connectivity index (χ1) is 12.8. The van der Waals surface area contributed by atoms with Crippen LogP contribution in [0.25, 0.3) is 0 Å². The van der Waals surface area contributed by atoms with Gasteiger partial charge in [0.1, 0.15) is 17.2 Å². The summed E-state index contributed by atoms with van der Waals surface area (Å²) in [5.74, 6) is 0.946. The van der Waals surface area contributed by atoms with Crippen LogP contribution in [0.1, 0.15) is 5.56 Å². The molecular weight excluding hydrogens is 372 g/mol. The molecule has 0 saturated carbocycles. The van der Waals surface area contributed by atoms with Crippen molar-refractivity contribution in [2.75, 3.05) is 37.5 Å². The van der Waals surface area contributed by atoms with Crippen molar-refractivity contribution < 1.29 is 27.4 Å². The number of hydrogen-bond donors (Lipinski definition) is 1. The number of sulfonamides is 1. The highest BCUT2D eigenvalue weighted by Gasteiger charge is 2.28. The van der Waals surface area contributed by atoms with Gasteiger partial charge in [-0.1, -0.05) is 0 Å². The first-order valence-electron chi connectivity index (χ1n) is 8.06. The van der Waals surface area contributed by atoms with Gasteiger partial charge in [0.25, 0.3) is 15.9 Å². The second-order valence-corrected chi connectivity index (χ2v) is 7.90. The number of ether oxygens (including phenoxy) is 3. The molecular formula is C18H20N2O6S. The molecule has 1 N–H and O–H groups in total. The monoisotopic (exact) mass is 392 g/mol. The minimum atomic E-state index is -3.90. The second-order valence-electron chi connectivity index (χ2n) is 5.96. The summed E-state index contributed by atoms with van der Waals surface area (Å²) in [6.07, 6.45) is 0. The molecule has 27 heavy (non-hydrogen) atoms. The largest absolute Gasteiger partial charge is 0.497 e. The summed E-state index contributed by atoms with van der Waals surface area (Å²) >= 11 is 0. The fourth-order valence-electron chi connectivity index (χ4n) is 2.82. The average Bonchev–Trinajstić information content (AvgIpc) is 2.65. The number of nitrogens with one attached hydrogen (secondary N) is 1. The molecule has 2 aromatic carbocycles. The van der Waals surface area contributed by atoms with Crippen molar-refractivity contribution in [3.8, 4) is 17.2 Å². The number of amides is 1. The van der Waals surface area contributed by atoms with E-state index in [0.29, 0.717) is 34.2 Å². The molecule has 3 rings (SSSR count). The lowest BCUT2D eigenvalue weighted by Gasteiger charge is -2.25. The van der Waals surface area contributed by atoms with E-state index in [1.165, 1.54) is 27.3 Å². The predicted octanol–water partition coefficient (Wildman–Crippen LogP) is 2.17. The molecule has 0 spiro atoms. The number of fused-ring (bicyclic) bond motifs is 1. The Bertz CT molecular complexity index is 1000. The average molecular weight is 392 g/mol. The molecule has 8 nitrogen and oxygen atoms in total. The van der Waals surface area contributed by atoms with Crippen LogP contribution >= 0.6 is 0 Å². The van der Waals surface area contributed by atoms with E-state index in [2.05, 4.69) is 5.32 Å². The van der Waals surface area contributed by atoms with E-state index in [1.54, 1.807) is 31.2 Å². The molecule has 2 aromatic rings. The zero-order chi connectivity index (χ0) is 19.8. The van der Waals surface area contributed by atoms with E-state index in [1.807, 2.05) is 0 Å². The maximum atomic E-state index is 13.2. The van der Waals surface area contributed by atoms with Crippen molar-refractivity contribution in [1.29, 1.82) is 0 Å². The molecule has 9 heteroatoms. The number of benzene rings is 2. The molecule has 0 atom stereocenters. The lowest BCUT2D eigenvalue weighted by Crippen LogP contribution is -2.29. The van der Waals surface area contributed by atoms with E-state index in [4.69, 9.17) is 14.2 Å². The Kier molecular flexibility index (Phi) is 4.88. The number of aryl methyl sites for hydroxylation is 1. The van der Waals surface area contributed by atoms with Gasteiger partial charge in [-0.05, 0) is 30.7 Å². The van der Waals surface area contributed by atoms with Crippen LogP contribution < -0.4 is 23.8 Å². The van der Waals surface area contributed by atoms with Crippen molar-refractivity contribution in [2.45, 2.75) is 11.8 Å². The highest BCUT2D eigenvalue weighted by Crippen LogP contribution is 2.38. The van der Waals surface area contributed by atoms with Gasteiger partial charge in [-0.25, -0.2) is 8.42 Å². The Morgan fingerprint density at radius 1 is 1.15 bits per heavy atom. The van der Waals surface area contributed by atoms with Crippen LogP contribution in [0.3, 0.4) is 0 Å². The molecule has 0 saturated heterocycles. The molecule has 0 unspecified atom stereocenters. The van der Waals surface area contributed by atoms with Crippen molar-refractivity contribution in [2.24, 2.45) is 0 Å². The standard InChI is InChI=1S/C18H20N2O6S/c1-11-7-13-15(26-10-18(21)19-13)9-17(11)27(22,23)20(2)14-6-5-12(24-3)8-16(14)25-4/h5-9H,10H2,1-4H3,(H,19,21). The lowest BCUT2D eigenvalue weighted by atomic mass is 10.2. The molecule has 0 fully saturated rings. The topological polar surface area (TPSA) is 94.2 Å². The fourth-order valence-corrected chi connectivity index (χ4v) is 4.24. The van der Waals surface area contributed by atoms with Gasteiger partial charge in [0.15, 0.2) is 6.61 Å². The summed E-state index contributed by atoms with van der Waals surface area (Å²) < 4.78 is 43.4. The Morgan fingerprint density at radius 3 is 2.56 bits per heavy atom. The van der Waals surface area contributed by atoms with Gasteiger partial charge in [0.2, 0.25) is 0 Å². The molecule has 1 amide bonds. The smallest absolute Gasteiger partial charge is 0.264 e. The third kappa shape index (κ3) is 3.37. The lowest BCUT2D eigenvalue weighted by molar-refractivity contribution is -0.118. The molecule has 0 aliphatic carbocycles. The summed E-state index contributed by atoms with van der Waals surface area (Å²) in [6, 6.07) is 7.88. The van der Waals surface area contributed by atoms with Crippen molar-refractivity contribution in [1.82, 2.24) is 0 Å². The normalized spacial score (nSPS) is 13.3. The number of anilines is 2. The zero-order valence-electron chi connectivity index (χ0n) is 15.4. The van der Waals surface area contributed by atoms with E-state index in [9.17, 15) is 13.2 Å². The number of carbonyl (C=O) groups excluding carboxylic acids is 1. The Balaban J connectivity index is 2.05. The van der Waals surface area contributed by atoms with Gasteiger partial charge < -0.3 is 19.5 Å². The SMILES string of the molecule is COc1ccc(N(C)S(=O)(=O)c2cc3c(cc2C)NC(=O)CO3)c(OC)c1. The predicted molar refractivity (Wildman–Crippen MR) is 100 cm³/mol. The van der Waals surface area contributed by atoms with E-state index < -0.39 is 10.0 Å². The van der Waals surface area contributed by atoms with Crippen LogP contribution in [-0.4, -0.2) is 42.2 Å². The Hall–Kier alpha value is -2.94. The fraction of sp³-hybridized carbons (Fsp3) is 0.278. The molecule has 1 aliphatic rings. The number of nitrogens with zero attached hydrogens (tertiary/aromatic N) is 1. The van der Waals surface area contributed by atoms with Crippen molar-refractivity contribution in [3.05, 3.63) is 35.9 Å². The number of carbonyl (C=O) groups is 1. The third-order valence-corrected chi connectivity index (χ3v) is 6.19. The molecule has 0 radical (unpaired) electrons. The molecule has 144 valence electrons. The first-order valence-corrected chi connectivity index (χ1v) is 9.50. The first kappa shape index (κ1) is 18.8. The van der Waals surface area contributed by atoms with Gasteiger partial charge in [0, 0.05) is 19.2 Å². The van der Waals surface area contributed by atoms with Crippen LogP contribution in [0.15, 0.2) is 35.2 Å². The summed E-state index contributed by atoms with van der Waals surface area (Å²) in [5.41, 5.74) is 1.30. The van der Waals surface area contributed by atoms with E-state index in [0.717, 1.165) is 4.31 Å². The van der Waals surface area contributed by atoms with E-state index >= 15 is 0 Å². The van der Waals surface area contributed by atoms with Gasteiger partial charge in [-0.3, -0.25) is 9.10 Å². The summed E-state index contributed by atoms with van der Waals surface area (Å²) in [4.78, 5) is 11.5. The Morgan fingerprint density at radius 2 is 1.89 bits per heavy atom. The van der Waals surface area contributed by atoms with Gasteiger partial charge in [-0.15, -0.1) is 0 Å². The molecule has 1 heterocycles. The quantitative estimate of drug-likeness (QED) is 0.838.